The Kier molecular flexibility index (Phi) is 5.37. The molecule has 0 unspecified atom stereocenters. The molecule has 0 atom stereocenters. The van der Waals surface area contributed by atoms with Gasteiger partial charge >= 0.3 is 6.18 Å². The minimum absolute atomic E-state index is 0.00461. The van der Waals surface area contributed by atoms with Crippen molar-refractivity contribution in [1.82, 2.24) is 15.3 Å². The first-order valence-electron chi connectivity index (χ1n) is 7.46. The molecule has 2 rings (SSSR count). The summed E-state index contributed by atoms with van der Waals surface area (Å²) in [4.78, 5) is 20.3. The van der Waals surface area contributed by atoms with E-state index in [4.69, 9.17) is 11.6 Å². The molecule has 0 fully saturated rings. The summed E-state index contributed by atoms with van der Waals surface area (Å²) in [6, 6.07) is 4.75. The number of hydrogen-bond acceptors (Lipinski definition) is 3. The van der Waals surface area contributed by atoms with E-state index < -0.39 is 17.6 Å². The van der Waals surface area contributed by atoms with Gasteiger partial charge in [-0.3, -0.25) is 9.78 Å². The Bertz CT molecular complexity index is 785. The quantitative estimate of drug-likeness (QED) is 0.871. The fraction of sp³-hybridized carbons (Fsp3) is 0.353. The lowest BCUT2D eigenvalue weighted by molar-refractivity contribution is -0.137. The second-order valence-electron chi connectivity index (χ2n) is 6.53. The lowest BCUT2D eigenvalue weighted by Gasteiger charge is -2.18. The zero-order chi connectivity index (χ0) is 18.8. The predicted molar refractivity (Wildman–Crippen MR) is 88.4 cm³/mol. The van der Waals surface area contributed by atoms with Crippen molar-refractivity contribution >= 4 is 17.5 Å². The Balaban J connectivity index is 2.10. The SMILES string of the molecule is CC(C)(C)c1ncc(C(=O)NCc2cccc(C(F)(F)F)c2)nc1Cl. The molecule has 0 aliphatic heterocycles. The zero-order valence-electron chi connectivity index (χ0n) is 13.9. The van der Waals surface area contributed by atoms with Gasteiger partial charge in [0.05, 0.1) is 17.5 Å². The van der Waals surface area contributed by atoms with Crippen molar-refractivity contribution in [2.24, 2.45) is 0 Å². The van der Waals surface area contributed by atoms with E-state index in [1.807, 2.05) is 20.8 Å². The molecule has 1 N–H and O–H groups in total. The summed E-state index contributed by atoms with van der Waals surface area (Å²) in [6.07, 6.45) is -3.13. The molecule has 1 amide bonds. The highest BCUT2D eigenvalue weighted by atomic mass is 35.5. The topological polar surface area (TPSA) is 54.9 Å². The first-order chi connectivity index (χ1) is 11.5. The second-order valence-corrected chi connectivity index (χ2v) is 6.88. The van der Waals surface area contributed by atoms with Gasteiger partial charge in [0.25, 0.3) is 5.91 Å². The van der Waals surface area contributed by atoms with E-state index in [2.05, 4.69) is 15.3 Å². The van der Waals surface area contributed by atoms with E-state index >= 15 is 0 Å². The monoisotopic (exact) mass is 371 g/mol. The summed E-state index contributed by atoms with van der Waals surface area (Å²) in [5.41, 5.74) is -0.198. The normalized spacial score (nSPS) is 12.1. The molecule has 0 spiro atoms. The fourth-order valence-corrected chi connectivity index (χ4v) is 2.53. The van der Waals surface area contributed by atoms with Crippen molar-refractivity contribution in [3.05, 3.63) is 58.1 Å². The van der Waals surface area contributed by atoms with Gasteiger partial charge in [0.1, 0.15) is 5.69 Å². The van der Waals surface area contributed by atoms with Crippen LogP contribution in [0.4, 0.5) is 13.2 Å². The number of carbonyl (C=O) groups excluding carboxylic acids is 1. The van der Waals surface area contributed by atoms with Crippen molar-refractivity contribution in [2.45, 2.75) is 38.9 Å². The molecule has 0 radical (unpaired) electrons. The van der Waals surface area contributed by atoms with Crippen LogP contribution in [0.15, 0.2) is 30.5 Å². The van der Waals surface area contributed by atoms with E-state index in [0.29, 0.717) is 11.3 Å². The van der Waals surface area contributed by atoms with Crippen LogP contribution in [0.25, 0.3) is 0 Å². The summed E-state index contributed by atoms with van der Waals surface area (Å²) >= 11 is 6.07. The summed E-state index contributed by atoms with van der Waals surface area (Å²) in [7, 11) is 0. The average molecular weight is 372 g/mol. The van der Waals surface area contributed by atoms with Crippen LogP contribution in [0.5, 0.6) is 0 Å². The maximum Gasteiger partial charge on any atom is 0.416 e. The average Bonchev–Trinajstić information content (AvgIpc) is 2.50. The highest BCUT2D eigenvalue weighted by Gasteiger charge is 2.30. The summed E-state index contributed by atoms with van der Waals surface area (Å²) in [5, 5.41) is 2.64. The maximum absolute atomic E-state index is 12.7. The molecular formula is C17H17ClF3N3O. The Hall–Kier alpha value is -2.15. The highest BCUT2D eigenvalue weighted by Crippen LogP contribution is 2.29. The largest absolute Gasteiger partial charge is 0.416 e. The first-order valence-corrected chi connectivity index (χ1v) is 7.83. The Labute approximate surface area is 148 Å². The first kappa shape index (κ1) is 19.2. The number of amides is 1. The van der Waals surface area contributed by atoms with Crippen LogP contribution in [-0.2, 0) is 18.1 Å². The molecule has 0 aliphatic carbocycles. The third kappa shape index (κ3) is 4.92. The van der Waals surface area contributed by atoms with Crippen LogP contribution in [-0.4, -0.2) is 15.9 Å². The van der Waals surface area contributed by atoms with Gasteiger partial charge in [-0.15, -0.1) is 0 Å². The number of hydrogen-bond donors (Lipinski definition) is 1. The Morgan fingerprint density at radius 2 is 1.92 bits per heavy atom. The van der Waals surface area contributed by atoms with E-state index in [-0.39, 0.29) is 22.8 Å². The third-order valence-electron chi connectivity index (χ3n) is 3.38. The van der Waals surface area contributed by atoms with Crippen molar-refractivity contribution in [2.75, 3.05) is 0 Å². The molecule has 0 saturated carbocycles. The van der Waals surface area contributed by atoms with E-state index in [0.717, 1.165) is 12.1 Å². The number of rotatable bonds is 3. The fourth-order valence-electron chi connectivity index (χ4n) is 2.11. The minimum Gasteiger partial charge on any atom is -0.347 e. The van der Waals surface area contributed by atoms with Gasteiger partial charge in [0, 0.05) is 12.0 Å². The highest BCUT2D eigenvalue weighted by molar-refractivity contribution is 6.30. The number of nitrogens with zero attached hydrogens (tertiary/aromatic N) is 2. The number of aromatic nitrogens is 2. The molecule has 2 aromatic rings. The van der Waals surface area contributed by atoms with Gasteiger partial charge < -0.3 is 5.32 Å². The minimum atomic E-state index is -4.43. The molecule has 1 aromatic carbocycles. The van der Waals surface area contributed by atoms with Gasteiger partial charge in [-0.25, -0.2) is 4.98 Å². The van der Waals surface area contributed by atoms with E-state index in [9.17, 15) is 18.0 Å². The van der Waals surface area contributed by atoms with Gasteiger partial charge in [-0.2, -0.15) is 13.2 Å². The lowest BCUT2D eigenvalue weighted by Crippen LogP contribution is -2.25. The van der Waals surface area contributed by atoms with Gasteiger partial charge in [-0.1, -0.05) is 44.5 Å². The predicted octanol–water partition coefficient (Wildman–Crippen LogP) is 4.38. The van der Waals surface area contributed by atoms with Crippen molar-refractivity contribution in [1.29, 1.82) is 0 Å². The molecule has 0 saturated heterocycles. The summed E-state index contributed by atoms with van der Waals surface area (Å²) < 4.78 is 38.1. The molecular weight excluding hydrogens is 355 g/mol. The Morgan fingerprint density at radius 3 is 2.48 bits per heavy atom. The van der Waals surface area contributed by atoms with Crippen molar-refractivity contribution in [3.63, 3.8) is 0 Å². The number of alkyl halides is 3. The van der Waals surface area contributed by atoms with Crippen LogP contribution in [0, 0.1) is 0 Å². The van der Waals surface area contributed by atoms with Crippen LogP contribution in [0.1, 0.15) is 48.1 Å². The smallest absolute Gasteiger partial charge is 0.347 e. The van der Waals surface area contributed by atoms with Crippen LogP contribution < -0.4 is 5.32 Å². The molecule has 4 nitrogen and oxygen atoms in total. The number of carbonyl (C=O) groups is 1. The van der Waals surface area contributed by atoms with Gasteiger partial charge in [-0.05, 0) is 17.7 Å². The molecule has 1 aromatic heterocycles. The van der Waals surface area contributed by atoms with Crippen LogP contribution >= 0.6 is 11.6 Å². The Morgan fingerprint density at radius 1 is 1.24 bits per heavy atom. The molecule has 134 valence electrons. The molecule has 0 aliphatic rings. The third-order valence-corrected chi connectivity index (χ3v) is 3.64. The maximum atomic E-state index is 12.7. The van der Waals surface area contributed by atoms with Crippen molar-refractivity contribution in [3.8, 4) is 0 Å². The lowest BCUT2D eigenvalue weighted by atomic mass is 9.92. The summed E-state index contributed by atoms with van der Waals surface area (Å²) in [6.45, 7) is 5.67. The number of nitrogens with one attached hydrogen (secondary N) is 1. The number of halogens is 4. The molecule has 1 heterocycles. The molecule has 25 heavy (non-hydrogen) atoms. The molecule has 8 heteroatoms. The van der Waals surface area contributed by atoms with Crippen molar-refractivity contribution < 1.29 is 18.0 Å². The van der Waals surface area contributed by atoms with E-state index in [1.54, 1.807) is 0 Å². The molecule has 0 bridgehead atoms. The second kappa shape index (κ2) is 7.00. The zero-order valence-corrected chi connectivity index (χ0v) is 14.7. The standard InChI is InChI=1S/C17H17ClF3N3O/c1-16(2,3)13-14(18)24-12(9-22-13)15(25)23-8-10-5-4-6-11(7-10)17(19,20)21/h4-7,9H,8H2,1-3H3,(H,23,25). The van der Waals surface area contributed by atoms with Crippen LogP contribution in [0.2, 0.25) is 5.15 Å². The number of benzene rings is 1. The van der Waals surface area contributed by atoms with Crippen LogP contribution in [0.3, 0.4) is 0 Å². The summed E-state index contributed by atoms with van der Waals surface area (Å²) in [5.74, 6) is -0.563. The van der Waals surface area contributed by atoms with E-state index in [1.165, 1.54) is 18.3 Å². The van der Waals surface area contributed by atoms with Gasteiger partial charge in [0.2, 0.25) is 0 Å². The van der Waals surface area contributed by atoms with Gasteiger partial charge in [0.15, 0.2) is 5.15 Å².